The summed E-state index contributed by atoms with van der Waals surface area (Å²) in [5, 5.41) is 9.79. The van der Waals surface area contributed by atoms with Crippen molar-refractivity contribution in [3.8, 4) is 5.75 Å². The van der Waals surface area contributed by atoms with Crippen molar-refractivity contribution in [2.75, 3.05) is 13.1 Å². The zero-order valence-electron chi connectivity index (χ0n) is 19.5. The van der Waals surface area contributed by atoms with Crippen LogP contribution in [-0.2, 0) is 11.3 Å². The maximum absolute atomic E-state index is 13.3. The van der Waals surface area contributed by atoms with Gasteiger partial charge in [0.15, 0.2) is 5.41 Å². The number of hydrogen-bond acceptors (Lipinski definition) is 4. The van der Waals surface area contributed by atoms with Crippen LogP contribution in [0.4, 0.5) is 26.3 Å². The van der Waals surface area contributed by atoms with E-state index in [1.165, 1.54) is 0 Å². The van der Waals surface area contributed by atoms with E-state index in [0.717, 1.165) is 30.5 Å². The molecule has 1 aliphatic heterocycles. The number of ether oxygens (including phenoxy) is 1. The van der Waals surface area contributed by atoms with E-state index in [1.807, 2.05) is 12.1 Å². The number of carbonyl (C=O) groups is 1. The molecule has 2 aromatic rings. The highest BCUT2D eigenvalue weighted by Gasteiger charge is 2.70. The van der Waals surface area contributed by atoms with Gasteiger partial charge in [0.25, 0.3) is 0 Å². The number of alkyl halides is 6. The van der Waals surface area contributed by atoms with Crippen LogP contribution in [0, 0.1) is 11.3 Å². The molecular weight excluding hydrogens is 490 g/mol. The summed E-state index contributed by atoms with van der Waals surface area (Å²) in [6.07, 6.45) is -12.2. The molecule has 1 saturated heterocycles. The van der Waals surface area contributed by atoms with Gasteiger partial charge < -0.3 is 9.84 Å². The molecule has 0 unspecified atom stereocenters. The van der Waals surface area contributed by atoms with Gasteiger partial charge in [0.1, 0.15) is 5.75 Å². The summed E-state index contributed by atoms with van der Waals surface area (Å²) < 4.78 is 85.4. The Balaban J connectivity index is 1.38. The molecule has 198 valence electrons. The molecule has 1 N–H and O–H groups in total. The van der Waals surface area contributed by atoms with Crippen LogP contribution in [0.2, 0.25) is 0 Å². The highest BCUT2D eigenvalue weighted by atomic mass is 19.4. The van der Waals surface area contributed by atoms with Crippen LogP contribution in [-0.4, -0.2) is 52.5 Å². The predicted molar refractivity (Wildman–Crippen MR) is 119 cm³/mol. The molecule has 0 amide bonds. The number of rotatable bonds is 6. The molecule has 1 atom stereocenters. The topological polar surface area (TPSA) is 62.7 Å². The van der Waals surface area contributed by atoms with Crippen LogP contribution in [0.5, 0.6) is 5.75 Å². The number of halogens is 6. The number of nitrogens with zero attached hydrogens (tertiary/aromatic N) is 2. The molecule has 0 spiro atoms. The number of hydrogen-bond donors (Lipinski definition) is 1. The molecule has 1 saturated carbocycles. The molecule has 5 nitrogen and oxygen atoms in total. The third kappa shape index (κ3) is 5.71. The lowest BCUT2D eigenvalue weighted by Gasteiger charge is -2.42. The second-order valence-electron chi connectivity index (χ2n) is 9.89. The smallest absolute Gasteiger partial charge is 0.403 e. The van der Waals surface area contributed by atoms with E-state index >= 15 is 0 Å². The minimum absolute atomic E-state index is 0.119. The number of benzene rings is 1. The first kappa shape index (κ1) is 26.5. The van der Waals surface area contributed by atoms with E-state index < -0.39 is 42.7 Å². The minimum atomic E-state index is -5.35. The summed E-state index contributed by atoms with van der Waals surface area (Å²) in [7, 11) is 0. The highest BCUT2D eigenvalue weighted by Crippen LogP contribution is 2.58. The predicted octanol–water partition coefficient (Wildman–Crippen LogP) is 6.35. The van der Waals surface area contributed by atoms with Crippen LogP contribution < -0.4 is 4.74 Å². The Morgan fingerprint density at radius 1 is 1.06 bits per heavy atom. The van der Waals surface area contributed by atoms with Crippen molar-refractivity contribution >= 4 is 16.9 Å². The number of likely N-dealkylation sites (tertiary alicyclic amines) is 1. The maximum Gasteiger partial charge on any atom is 0.403 e. The number of carboxylic acids is 1. The summed E-state index contributed by atoms with van der Waals surface area (Å²) in [6, 6.07) is 8.73. The lowest BCUT2D eigenvalue weighted by molar-refractivity contribution is -0.351. The Kier molecular flexibility index (Phi) is 7.41. The third-order valence-electron chi connectivity index (χ3n) is 7.34. The van der Waals surface area contributed by atoms with E-state index in [0.29, 0.717) is 24.4 Å². The molecule has 2 fully saturated rings. The standard InChI is InChI=1S/C25H28F6N2O3/c26-24(27,28)23(25(29,30)31)9-7-19(8-10-23)36-20-5-6-21-17(13-20)3-4-18(32-21)15-33-11-1-2-16(14-33)12-22(34)35/h3-6,13,16,19H,1-2,7-12,14-15H2,(H,34,35)/t16-/m1/s1. The largest absolute Gasteiger partial charge is 0.490 e. The number of aromatic nitrogens is 1. The number of pyridine rings is 1. The van der Waals surface area contributed by atoms with Gasteiger partial charge in [-0.05, 0) is 75.3 Å². The first-order valence-electron chi connectivity index (χ1n) is 12.0. The van der Waals surface area contributed by atoms with Crippen LogP contribution in [0.3, 0.4) is 0 Å². The molecule has 1 aliphatic carbocycles. The monoisotopic (exact) mass is 518 g/mol. The van der Waals surface area contributed by atoms with E-state index in [2.05, 4.69) is 9.88 Å². The SMILES string of the molecule is O=C(O)C[C@H]1CCCN(Cc2ccc3cc(OC4CCC(C(F)(F)F)(C(F)(F)F)CC4)ccc3n2)C1. The van der Waals surface area contributed by atoms with Gasteiger partial charge >= 0.3 is 18.3 Å². The van der Waals surface area contributed by atoms with Crippen LogP contribution in [0.15, 0.2) is 30.3 Å². The van der Waals surface area contributed by atoms with Crippen molar-refractivity contribution in [1.82, 2.24) is 9.88 Å². The second kappa shape index (κ2) is 10.1. The summed E-state index contributed by atoms with van der Waals surface area (Å²) in [6.45, 7) is 2.16. The van der Waals surface area contributed by atoms with Crippen molar-refractivity contribution in [2.24, 2.45) is 11.3 Å². The minimum Gasteiger partial charge on any atom is -0.490 e. The lowest BCUT2D eigenvalue weighted by Crippen LogP contribution is -2.53. The first-order valence-corrected chi connectivity index (χ1v) is 12.0. The average Bonchev–Trinajstić information content (AvgIpc) is 2.78. The van der Waals surface area contributed by atoms with E-state index in [4.69, 9.17) is 9.84 Å². The Bertz CT molecular complexity index is 1060. The Morgan fingerprint density at radius 3 is 2.39 bits per heavy atom. The van der Waals surface area contributed by atoms with Crippen LogP contribution >= 0.6 is 0 Å². The van der Waals surface area contributed by atoms with Gasteiger partial charge in [0.05, 0.1) is 17.3 Å². The van der Waals surface area contributed by atoms with Gasteiger partial charge in [-0.2, -0.15) is 26.3 Å². The molecule has 36 heavy (non-hydrogen) atoms. The van der Waals surface area contributed by atoms with Crippen LogP contribution in [0.1, 0.15) is 50.6 Å². The molecule has 0 bridgehead atoms. The van der Waals surface area contributed by atoms with E-state index in [1.54, 1.807) is 18.2 Å². The number of piperidine rings is 1. The molecule has 11 heteroatoms. The van der Waals surface area contributed by atoms with Crippen molar-refractivity contribution in [3.63, 3.8) is 0 Å². The quantitative estimate of drug-likeness (QED) is 0.452. The highest BCUT2D eigenvalue weighted by molar-refractivity contribution is 5.80. The van der Waals surface area contributed by atoms with Crippen molar-refractivity contribution in [3.05, 3.63) is 36.0 Å². The number of fused-ring (bicyclic) bond motifs is 1. The molecular formula is C25H28F6N2O3. The zero-order chi connectivity index (χ0) is 26.1. The van der Waals surface area contributed by atoms with Gasteiger partial charge in [0, 0.05) is 24.9 Å². The maximum atomic E-state index is 13.3. The van der Waals surface area contributed by atoms with Crippen LogP contribution in [0.25, 0.3) is 10.9 Å². The molecule has 1 aromatic heterocycles. The Labute approximate surface area is 204 Å². The molecule has 1 aromatic carbocycles. The van der Waals surface area contributed by atoms with Crippen molar-refractivity contribution in [1.29, 1.82) is 0 Å². The fourth-order valence-corrected chi connectivity index (χ4v) is 5.37. The normalized spacial score (nSPS) is 22.0. The van der Waals surface area contributed by atoms with Gasteiger partial charge in [-0.15, -0.1) is 0 Å². The van der Waals surface area contributed by atoms with Gasteiger partial charge in [-0.3, -0.25) is 14.7 Å². The summed E-state index contributed by atoms with van der Waals surface area (Å²) in [4.78, 5) is 17.8. The Morgan fingerprint density at radius 2 is 1.75 bits per heavy atom. The Hall–Kier alpha value is -2.56. The lowest BCUT2D eigenvalue weighted by atomic mass is 9.72. The van der Waals surface area contributed by atoms with Crippen molar-refractivity contribution < 1.29 is 41.0 Å². The second-order valence-corrected chi connectivity index (χ2v) is 9.89. The summed E-state index contributed by atoms with van der Waals surface area (Å²) in [5.41, 5.74) is -2.16. The zero-order valence-corrected chi connectivity index (χ0v) is 19.5. The van der Waals surface area contributed by atoms with E-state index in [-0.39, 0.29) is 25.2 Å². The van der Waals surface area contributed by atoms with E-state index in [9.17, 15) is 31.1 Å². The fraction of sp³-hybridized carbons (Fsp3) is 0.600. The average molecular weight is 518 g/mol. The van der Waals surface area contributed by atoms with Gasteiger partial charge in [-0.1, -0.05) is 6.07 Å². The molecule has 0 radical (unpaired) electrons. The fourth-order valence-electron chi connectivity index (χ4n) is 5.37. The summed E-state index contributed by atoms with van der Waals surface area (Å²) >= 11 is 0. The number of aliphatic carboxylic acids is 1. The van der Waals surface area contributed by atoms with Gasteiger partial charge in [0.2, 0.25) is 0 Å². The van der Waals surface area contributed by atoms with Crippen molar-refractivity contribution in [2.45, 2.75) is 69.9 Å². The number of carboxylic acid groups (broad SMARTS) is 1. The molecule has 2 aliphatic rings. The summed E-state index contributed by atoms with van der Waals surface area (Å²) in [5.74, 6) is -0.299. The molecule has 4 rings (SSSR count). The van der Waals surface area contributed by atoms with Gasteiger partial charge in [-0.25, -0.2) is 0 Å². The molecule has 2 heterocycles. The third-order valence-corrected chi connectivity index (χ3v) is 7.34. The first-order chi connectivity index (χ1) is 16.9.